The molecule has 0 bridgehead atoms. The highest BCUT2D eigenvalue weighted by molar-refractivity contribution is 7.89. The van der Waals surface area contributed by atoms with E-state index < -0.39 is 10.0 Å². The Bertz CT molecular complexity index is 802. The molecular formula is C18H22N2O3S. The quantitative estimate of drug-likeness (QED) is 0.808. The van der Waals surface area contributed by atoms with E-state index >= 15 is 0 Å². The predicted molar refractivity (Wildman–Crippen MR) is 96.5 cm³/mol. The highest BCUT2D eigenvalue weighted by Crippen LogP contribution is 2.15. The van der Waals surface area contributed by atoms with Crippen molar-refractivity contribution in [2.75, 3.05) is 17.6 Å². The molecular weight excluding hydrogens is 324 g/mol. The monoisotopic (exact) mass is 346 g/mol. The molecule has 0 saturated heterocycles. The number of nitrogens with one attached hydrogen (secondary N) is 2. The molecule has 0 fully saturated rings. The van der Waals surface area contributed by atoms with Crippen molar-refractivity contribution in [3.8, 4) is 0 Å². The van der Waals surface area contributed by atoms with Crippen LogP contribution in [-0.2, 0) is 21.2 Å². The van der Waals surface area contributed by atoms with Gasteiger partial charge in [0.05, 0.1) is 12.3 Å². The Balaban J connectivity index is 1.83. The fourth-order valence-corrected chi connectivity index (χ4v) is 3.29. The van der Waals surface area contributed by atoms with Crippen LogP contribution >= 0.6 is 0 Å². The van der Waals surface area contributed by atoms with Gasteiger partial charge in [-0.15, -0.1) is 0 Å². The minimum Gasteiger partial charge on any atom is -0.325 e. The second-order valence-electron chi connectivity index (χ2n) is 5.74. The van der Waals surface area contributed by atoms with E-state index in [4.69, 9.17) is 0 Å². The molecule has 24 heavy (non-hydrogen) atoms. The lowest BCUT2D eigenvalue weighted by Crippen LogP contribution is -2.34. The standard InChI is InChI=1S/C18H22N2O3S/c1-14-8-9-17(15(2)12-14)20-18(21)13-19-24(22,23)11-10-16-6-4-3-5-7-16/h3-9,12,19H,10-11,13H2,1-2H3,(H,20,21). The smallest absolute Gasteiger partial charge is 0.239 e. The number of sulfonamides is 1. The van der Waals surface area contributed by atoms with Gasteiger partial charge in [0.2, 0.25) is 15.9 Å². The van der Waals surface area contributed by atoms with Crippen LogP contribution in [0.5, 0.6) is 0 Å². The summed E-state index contributed by atoms with van der Waals surface area (Å²) < 4.78 is 26.3. The summed E-state index contributed by atoms with van der Waals surface area (Å²) in [7, 11) is -3.49. The summed E-state index contributed by atoms with van der Waals surface area (Å²) in [6.45, 7) is 3.59. The maximum absolute atomic E-state index is 12.0. The summed E-state index contributed by atoms with van der Waals surface area (Å²) in [5.41, 5.74) is 3.68. The van der Waals surface area contributed by atoms with E-state index in [-0.39, 0.29) is 18.2 Å². The Labute approximate surface area is 143 Å². The van der Waals surface area contributed by atoms with Gasteiger partial charge >= 0.3 is 0 Å². The normalized spacial score (nSPS) is 11.2. The van der Waals surface area contributed by atoms with Gasteiger partial charge in [0.25, 0.3) is 0 Å². The van der Waals surface area contributed by atoms with Crippen molar-refractivity contribution in [3.05, 3.63) is 65.2 Å². The van der Waals surface area contributed by atoms with Crippen molar-refractivity contribution in [1.29, 1.82) is 0 Å². The van der Waals surface area contributed by atoms with Crippen molar-refractivity contribution in [2.24, 2.45) is 0 Å². The van der Waals surface area contributed by atoms with E-state index in [2.05, 4.69) is 10.0 Å². The summed E-state index contributed by atoms with van der Waals surface area (Å²) in [6.07, 6.45) is 0.412. The number of benzene rings is 2. The zero-order chi connectivity index (χ0) is 17.6. The second kappa shape index (κ2) is 8.08. The van der Waals surface area contributed by atoms with E-state index in [9.17, 15) is 13.2 Å². The number of carbonyl (C=O) groups is 1. The molecule has 0 heterocycles. The van der Waals surface area contributed by atoms with Gasteiger partial charge in [0.1, 0.15) is 0 Å². The molecule has 2 aromatic carbocycles. The van der Waals surface area contributed by atoms with Crippen LogP contribution in [0.25, 0.3) is 0 Å². The average molecular weight is 346 g/mol. The number of hydrogen-bond donors (Lipinski definition) is 2. The molecule has 128 valence electrons. The first-order valence-corrected chi connectivity index (χ1v) is 9.39. The molecule has 0 saturated carbocycles. The molecule has 1 amide bonds. The van der Waals surface area contributed by atoms with Crippen molar-refractivity contribution < 1.29 is 13.2 Å². The van der Waals surface area contributed by atoms with Crippen molar-refractivity contribution in [2.45, 2.75) is 20.3 Å². The van der Waals surface area contributed by atoms with Gasteiger partial charge in [0.15, 0.2) is 0 Å². The third-order valence-corrected chi connectivity index (χ3v) is 4.94. The Morgan fingerprint density at radius 1 is 1.04 bits per heavy atom. The molecule has 0 radical (unpaired) electrons. The van der Waals surface area contributed by atoms with E-state index in [1.807, 2.05) is 62.4 Å². The van der Waals surface area contributed by atoms with Gasteiger partial charge in [-0.3, -0.25) is 4.79 Å². The largest absolute Gasteiger partial charge is 0.325 e. The van der Waals surface area contributed by atoms with Gasteiger partial charge in [0, 0.05) is 5.69 Å². The van der Waals surface area contributed by atoms with E-state index in [0.29, 0.717) is 12.1 Å². The van der Waals surface area contributed by atoms with Crippen molar-refractivity contribution >= 4 is 21.6 Å². The third-order valence-electron chi connectivity index (χ3n) is 3.61. The molecule has 5 nitrogen and oxygen atoms in total. The van der Waals surface area contributed by atoms with E-state index in [0.717, 1.165) is 16.7 Å². The van der Waals surface area contributed by atoms with E-state index in [1.54, 1.807) is 0 Å². The molecule has 0 aliphatic rings. The molecule has 0 aliphatic heterocycles. The molecule has 0 aliphatic carbocycles. The lowest BCUT2D eigenvalue weighted by molar-refractivity contribution is -0.115. The van der Waals surface area contributed by atoms with Crippen molar-refractivity contribution in [3.63, 3.8) is 0 Å². The van der Waals surface area contributed by atoms with Crippen molar-refractivity contribution in [1.82, 2.24) is 4.72 Å². The summed E-state index contributed by atoms with van der Waals surface area (Å²) >= 11 is 0. The summed E-state index contributed by atoms with van der Waals surface area (Å²) in [4.78, 5) is 11.9. The van der Waals surface area contributed by atoms with Gasteiger partial charge in [-0.25, -0.2) is 13.1 Å². The lowest BCUT2D eigenvalue weighted by atomic mass is 10.1. The minimum absolute atomic E-state index is 0.0478. The summed E-state index contributed by atoms with van der Waals surface area (Å²) in [5.74, 6) is -0.432. The molecule has 0 spiro atoms. The number of carbonyl (C=O) groups excluding carboxylic acids is 1. The summed E-state index contributed by atoms with van der Waals surface area (Å²) in [6, 6.07) is 15.0. The lowest BCUT2D eigenvalue weighted by Gasteiger charge is -2.10. The fraction of sp³-hybridized carbons (Fsp3) is 0.278. The third kappa shape index (κ3) is 5.79. The van der Waals surface area contributed by atoms with Crippen LogP contribution in [0, 0.1) is 13.8 Å². The van der Waals surface area contributed by atoms with Gasteiger partial charge in [-0.05, 0) is 37.5 Å². The Hall–Kier alpha value is -2.18. The van der Waals surface area contributed by atoms with Gasteiger partial charge in [-0.1, -0.05) is 48.0 Å². The molecule has 2 aromatic rings. The average Bonchev–Trinajstić information content (AvgIpc) is 2.55. The first kappa shape index (κ1) is 18.2. The topological polar surface area (TPSA) is 75.3 Å². The van der Waals surface area contributed by atoms with Crippen LogP contribution in [0.1, 0.15) is 16.7 Å². The van der Waals surface area contributed by atoms with Crippen LogP contribution in [0.15, 0.2) is 48.5 Å². The summed E-state index contributed by atoms with van der Waals surface area (Å²) in [5, 5.41) is 2.72. The zero-order valence-electron chi connectivity index (χ0n) is 13.9. The number of anilines is 1. The maximum atomic E-state index is 12.0. The van der Waals surface area contributed by atoms with E-state index in [1.165, 1.54) is 0 Å². The number of amides is 1. The second-order valence-corrected chi connectivity index (χ2v) is 7.67. The number of hydrogen-bond acceptors (Lipinski definition) is 3. The fourth-order valence-electron chi connectivity index (χ4n) is 2.29. The first-order chi connectivity index (χ1) is 11.4. The Morgan fingerprint density at radius 2 is 1.75 bits per heavy atom. The number of aryl methyl sites for hydroxylation is 3. The van der Waals surface area contributed by atoms with Crippen LogP contribution in [0.4, 0.5) is 5.69 Å². The molecule has 0 unspecified atom stereocenters. The molecule has 2 rings (SSSR count). The molecule has 0 aromatic heterocycles. The molecule has 2 N–H and O–H groups in total. The van der Waals surface area contributed by atoms with Crippen LogP contribution in [0.2, 0.25) is 0 Å². The highest BCUT2D eigenvalue weighted by Gasteiger charge is 2.13. The Morgan fingerprint density at radius 3 is 2.42 bits per heavy atom. The van der Waals surface area contributed by atoms with Gasteiger partial charge in [-0.2, -0.15) is 0 Å². The van der Waals surface area contributed by atoms with Gasteiger partial charge < -0.3 is 5.32 Å². The Kier molecular flexibility index (Phi) is 6.11. The number of rotatable bonds is 7. The molecule has 6 heteroatoms. The SMILES string of the molecule is Cc1ccc(NC(=O)CNS(=O)(=O)CCc2ccccc2)c(C)c1. The highest BCUT2D eigenvalue weighted by atomic mass is 32.2. The maximum Gasteiger partial charge on any atom is 0.239 e. The molecule has 0 atom stereocenters. The minimum atomic E-state index is -3.49. The zero-order valence-corrected chi connectivity index (χ0v) is 14.7. The van der Waals surface area contributed by atoms with Crippen LogP contribution in [-0.4, -0.2) is 26.6 Å². The predicted octanol–water partition coefficient (Wildman–Crippen LogP) is 2.40. The first-order valence-electron chi connectivity index (χ1n) is 7.74. The van der Waals surface area contributed by atoms with Crippen LogP contribution < -0.4 is 10.0 Å². The van der Waals surface area contributed by atoms with Crippen LogP contribution in [0.3, 0.4) is 0 Å².